The minimum absolute atomic E-state index is 0.0106. The second-order valence-electron chi connectivity index (χ2n) is 34.9. The van der Waals surface area contributed by atoms with E-state index in [2.05, 4.69) is 84.4 Å². The molecule has 3 heterocycles. The van der Waals surface area contributed by atoms with Crippen LogP contribution in [0.25, 0.3) is 21.8 Å². The van der Waals surface area contributed by atoms with Gasteiger partial charge in [-0.15, -0.1) is 0 Å². The number of H-pyrrole nitrogens is 2. The number of hydrogen-bond donors (Lipinski definition) is 23. The fraction of sp³-hybridized carbons (Fsp3) is 0.429. The summed E-state index contributed by atoms with van der Waals surface area (Å²) in [6.45, 7) is 9.50. The molecule has 137 heavy (non-hydrogen) atoms. The van der Waals surface area contributed by atoms with Crippen molar-refractivity contribution >= 4 is 122 Å². The number of phenols is 1. The number of aliphatic carboxylic acids is 2. The number of nitrogens with one attached hydrogen (secondary N) is 17. The predicted octanol–water partition coefficient (Wildman–Crippen LogP) is 2.59. The molecule has 0 bridgehead atoms. The number of amides is 12. The van der Waals surface area contributed by atoms with Crippen LogP contribution in [0.3, 0.4) is 0 Å². The van der Waals surface area contributed by atoms with E-state index in [1.807, 2.05) is 84.9 Å². The van der Waals surface area contributed by atoms with E-state index in [1.165, 1.54) is 38.1 Å². The van der Waals surface area contributed by atoms with E-state index >= 15 is 24.0 Å². The van der Waals surface area contributed by atoms with Crippen molar-refractivity contribution in [2.75, 3.05) is 44.7 Å². The van der Waals surface area contributed by atoms with E-state index in [1.54, 1.807) is 101 Å². The van der Waals surface area contributed by atoms with Gasteiger partial charge in [0.2, 0.25) is 65.0 Å². The molecule has 734 valence electrons. The normalized spacial score (nSPS) is 15.1. The predicted molar refractivity (Wildman–Crippen MR) is 516 cm³/mol. The van der Waals surface area contributed by atoms with Gasteiger partial charge in [-0.05, 0) is 162 Å². The summed E-state index contributed by atoms with van der Waals surface area (Å²) in [5, 5.41) is 87.7. The number of aromatic amines is 2. The Morgan fingerprint density at radius 2 is 0.920 bits per heavy atom. The molecule has 1 aliphatic rings. The number of nitrogens with zero attached hydrogens (tertiary/aromatic N) is 2. The molecule has 25 N–H and O–H groups in total. The highest BCUT2D eigenvalue weighted by Crippen LogP contribution is 2.29. The molecule has 0 saturated heterocycles. The lowest BCUT2D eigenvalue weighted by molar-refractivity contribution is -0.143. The molecular weight excluding hydrogens is 1760 g/mol. The molecule has 0 aliphatic carbocycles. The average Bonchev–Trinajstić information content (AvgIpc) is 1.66. The van der Waals surface area contributed by atoms with Crippen LogP contribution in [0.4, 0.5) is 5.69 Å². The van der Waals surface area contributed by atoms with Crippen LogP contribution in [-0.2, 0) is 92.8 Å². The molecule has 0 fully saturated rings. The summed E-state index contributed by atoms with van der Waals surface area (Å²) in [4.78, 5) is 213. The number of unbranched alkanes of at least 4 members (excludes halogenated alkanes) is 3. The zero-order chi connectivity index (χ0) is 99.4. The van der Waals surface area contributed by atoms with Crippen molar-refractivity contribution in [3.63, 3.8) is 0 Å². The lowest BCUT2D eigenvalue weighted by atomic mass is 9.99. The van der Waals surface area contributed by atoms with Crippen LogP contribution >= 0.6 is 0 Å². The van der Waals surface area contributed by atoms with Gasteiger partial charge in [0, 0.05) is 84.6 Å². The molecule has 39 heteroatoms. The average molecular weight is 1890 g/mol. The van der Waals surface area contributed by atoms with Gasteiger partial charge < -0.3 is 116 Å². The molecular formula is C98H129N21O18. The first-order valence-corrected chi connectivity index (χ1v) is 46.2. The van der Waals surface area contributed by atoms with Gasteiger partial charge in [0.1, 0.15) is 72.2 Å². The maximum atomic E-state index is 15.4. The number of carboxylic acid groups (broad SMARTS) is 2. The number of carbonyl (C=O) groups excluding carboxylic acids is 12. The topological polar surface area (TPSA) is 611 Å². The molecule has 1 unspecified atom stereocenters. The molecule has 2 aromatic heterocycles. The van der Waals surface area contributed by atoms with Crippen LogP contribution in [-0.4, -0.2) is 243 Å². The van der Waals surface area contributed by atoms with E-state index in [9.17, 15) is 63.6 Å². The number of aliphatic imine (C=N–C) groups is 1. The van der Waals surface area contributed by atoms with Gasteiger partial charge in [0.15, 0.2) is 12.1 Å². The van der Waals surface area contributed by atoms with Gasteiger partial charge in [0.25, 0.3) is 5.91 Å². The lowest BCUT2D eigenvalue weighted by Gasteiger charge is -2.29. The molecule has 0 spiro atoms. The number of aliphatic hydroxyl groups excluding tert-OH is 1. The number of hydrogen-bond acceptors (Lipinski definition) is 21. The summed E-state index contributed by atoms with van der Waals surface area (Å²) in [6, 6.07) is 28.8. The number of para-hydroxylation sites is 3. The molecule has 8 aromatic rings. The molecule has 0 saturated carbocycles. The Kier molecular flexibility index (Phi) is 41.1. The number of benzodiazepines with no additional fused rings is 1. The summed E-state index contributed by atoms with van der Waals surface area (Å²) in [7, 11) is 1.74. The van der Waals surface area contributed by atoms with Crippen LogP contribution < -0.4 is 90.8 Å². The second-order valence-corrected chi connectivity index (χ2v) is 34.9. The summed E-state index contributed by atoms with van der Waals surface area (Å²) >= 11 is 0. The van der Waals surface area contributed by atoms with Crippen LogP contribution in [0, 0.1) is 17.2 Å². The minimum atomic E-state index is -1.80. The Hall–Kier alpha value is -14.4. The smallest absolute Gasteiger partial charge is 0.326 e. The largest absolute Gasteiger partial charge is 0.508 e. The van der Waals surface area contributed by atoms with Crippen molar-refractivity contribution in [3.8, 4) is 5.75 Å². The Bertz CT molecular complexity index is 5500. The number of aromatic hydroxyl groups is 1. The number of phenolic OH excluding ortho intramolecular Hbond substituents is 1. The fourth-order valence-electron chi connectivity index (χ4n) is 15.8. The maximum Gasteiger partial charge on any atom is 0.326 e. The number of aromatic nitrogens is 2. The van der Waals surface area contributed by atoms with Gasteiger partial charge in [-0.2, -0.15) is 0 Å². The molecule has 0 radical (unpaired) electrons. The number of likely N-dealkylation sites (N-methyl/N-ethyl adjacent to an activating group) is 1. The maximum absolute atomic E-state index is 15.4. The number of carboxylic acids is 2. The highest BCUT2D eigenvalue weighted by Gasteiger charge is 2.39. The second kappa shape index (κ2) is 53.0. The zero-order valence-electron chi connectivity index (χ0n) is 78.0. The summed E-state index contributed by atoms with van der Waals surface area (Å²) in [5.74, 6) is -14.6. The van der Waals surface area contributed by atoms with Gasteiger partial charge in [-0.1, -0.05) is 162 Å². The van der Waals surface area contributed by atoms with Gasteiger partial charge in [0.05, 0.1) is 24.0 Å². The van der Waals surface area contributed by atoms with Crippen molar-refractivity contribution in [2.45, 2.75) is 217 Å². The van der Waals surface area contributed by atoms with Crippen molar-refractivity contribution in [1.82, 2.24) is 84.4 Å². The van der Waals surface area contributed by atoms with Gasteiger partial charge in [-0.25, -0.2) is 4.79 Å². The third kappa shape index (κ3) is 32.4. The molecule has 6 aromatic carbocycles. The third-order valence-corrected chi connectivity index (χ3v) is 23.4. The Labute approximate surface area is 794 Å². The van der Waals surface area contributed by atoms with Crippen molar-refractivity contribution in [2.24, 2.45) is 28.3 Å². The molecule has 39 nitrogen and oxygen atoms in total. The van der Waals surface area contributed by atoms with E-state index in [0.29, 0.717) is 89.4 Å². The first-order chi connectivity index (χ1) is 65.6. The van der Waals surface area contributed by atoms with Gasteiger partial charge in [-0.3, -0.25) is 78.0 Å². The quantitative estimate of drug-likeness (QED) is 0.0148. The number of anilines is 1. The van der Waals surface area contributed by atoms with Crippen LogP contribution in [0.2, 0.25) is 0 Å². The molecule has 9 rings (SSSR count). The highest BCUT2D eigenvalue weighted by molar-refractivity contribution is 6.20. The first kappa shape index (κ1) is 106. The molecule has 1 aliphatic heterocycles. The van der Waals surface area contributed by atoms with E-state index in [-0.39, 0.29) is 88.0 Å². The number of carbonyl (C=O) groups is 14. The lowest BCUT2D eigenvalue weighted by Crippen LogP contribution is -2.61. The molecule has 12 amide bonds. The number of fused-ring (bicyclic) bond motifs is 3. The van der Waals surface area contributed by atoms with Crippen molar-refractivity contribution in [3.05, 3.63) is 203 Å². The van der Waals surface area contributed by atoms with E-state index in [4.69, 9.17) is 21.9 Å². The monoisotopic (exact) mass is 1890 g/mol. The zero-order valence-corrected chi connectivity index (χ0v) is 78.0. The summed E-state index contributed by atoms with van der Waals surface area (Å²) in [5.41, 5.74) is 17.9. The SMILES string of the molecule is CC(C)C[C@H](NC(=O)[C@H](Cc1ccc(O)cc1)NC(=O)[C@H](CCCCN)NC(=O)[C@H](C)NC(=O)[C@H](Cc1ccccc1)NCCCCCNC1N=C(c2ccccc2)c2ccccc2N(C)C1=O)C(=O)N[C@@H](Cc1c[nH]c2ccccc12)C(=O)N[C@@H](CCC(=O)O)C(=O)N[C@@H](Cc1c[nH]c2ccccc12)C(=O)N[C@@H](C)C(=O)N[C@@H](CO)C(=O)N[C@H](C(=O)N[C@@H](CCCNC(=N)N)C(=O)O)C(C)C. The van der Waals surface area contributed by atoms with Gasteiger partial charge >= 0.3 is 11.9 Å². The van der Waals surface area contributed by atoms with Crippen molar-refractivity contribution < 1.29 is 87.5 Å². The van der Waals surface area contributed by atoms with Crippen LogP contribution in [0.15, 0.2) is 175 Å². The Morgan fingerprint density at radius 1 is 0.460 bits per heavy atom. The summed E-state index contributed by atoms with van der Waals surface area (Å²) < 4.78 is 0. The Morgan fingerprint density at radius 3 is 1.48 bits per heavy atom. The number of nitrogens with two attached hydrogens (primary N) is 2. The first-order valence-electron chi connectivity index (χ1n) is 46.2. The number of guanidine groups is 1. The van der Waals surface area contributed by atoms with Crippen LogP contribution in [0.1, 0.15) is 146 Å². The minimum Gasteiger partial charge on any atom is -0.508 e. The van der Waals surface area contributed by atoms with Crippen LogP contribution in [0.5, 0.6) is 5.75 Å². The number of benzene rings is 6. The Balaban J connectivity index is 0.891. The number of aliphatic hydroxyl groups is 1. The number of rotatable bonds is 55. The third-order valence-electron chi connectivity index (χ3n) is 23.4. The fourth-order valence-corrected chi connectivity index (χ4v) is 15.8. The summed E-state index contributed by atoms with van der Waals surface area (Å²) in [6.07, 6.45) is 3.13. The molecule has 13 atom stereocenters. The van der Waals surface area contributed by atoms with Crippen molar-refractivity contribution in [1.29, 1.82) is 5.41 Å². The standard InChI is InChI=1S/C98H129N21O18/c1-56(2)48-75(112-92(131)76(50-61-38-40-65(121)41-39-61)113-87(126)71(35-21-22-44-99)109-85(124)58(5)107-89(128)74(49-60-26-11-8-12-27-60)102-45-23-10-24-46-103-84-96(135)119(7)80-37-20-17-32-68(80)83(117-84)62-28-13-9-14-29-62)91(130)115-78(52-64-54-106-70-34-19-16-31-67(64)70)93(132)110-72(42-43-81(122)123)88(127)114-77(51-63-53-105-69-33-18-15-30-66(63)69)90(129)108-59(6)86(125)116-79(55-120)94(133)118-82(57(3)4)95(134)111-73(97(136)137)36-25-47-104-98(100)101/h8-9,11-20,26-34,37-41,53-54,56-59,71-79,82,84,102-103,105-106,120-121H,10,21-25,35-36,42-52,55,99H2,1-7H3,(H,107,128)(H,108,129)(H,109,124)(H,110,132)(H,111,134)(H,112,131)(H,113,126)(H,114,127)(H,115,130)(H,116,125)(H,118,133)(H,122,123)(H,136,137)(H4,100,101,104)/t58-,59-,71-,72-,73-,74-,75-,76-,77-,78-,79-,82-,84?/m0/s1. The highest BCUT2D eigenvalue weighted by atomic mass is 16.4. The van der Waals surface area contributed by atoms with E-state index in [0.717, 1.165) is 22.4 Å². The van der Waals surface area contributed by atoms with E-state index < -0.39 is 181 Å².